The maximum atomic E-state index is 14.1. The number of pyridine rings is 1. The molecule has 7 nitrogen and oxygen atoms in total. The molecule has 118 valence electrons. The van der Waals surface area contributed by atoms with E-state index in [1.165, 1.54) is 19.3 Å². The molecule has 0 aliphatic rings. The fourth-order valence-corrected chi connectivity index (χ4v) is 2.12. The van der Waals surface area contributed by atoms with Crippen LogP contribution in [0.2, 0.25) is 0 Å². The van der Waals surface area contributed by atoms with Crippen LogP contribution in [0, 0.1) is 12.9 Å². The van der Waals surface area contributed by atoms with Crippen molar-refractivity contribution in [1.29, 1.82) is 0 Å². The van der Waals surface area contributed by atoms with E-state index in [2.05, 4.69) is 15.4 Å². The molecule has 1 aromatic carbocycles. The zero-order valence-corrected chi connectivity index (χ0v) is 12.6. The summed E-state index contributed by atoms with van der Waals surface area (Å²) in [6, 6.07) is 8.89. The average molecular weight is 315 g/mol. The quantitative estimate of drug-likeness (QED) is 0.680. The fourth-order valence-electron chi connectivity index (χ4n) is 2.12. The second kappa shape index (κ2) is 5.99. The largest absolute Gasteiger partial charge is 0.488 e. The number of hydrogen-bond donors (Lipinski definition) is 0. The van der Waals surface area contributed by atoms with Crippen LogP contribution < -0.4 is 10.4 Å². The number of ether oxygens (including phenoxy) is 1. The topological polar surface area (TPSA) is 74.8 Å². The first-order valence-corrected chi connectivity index (χ1v) is 6.89. The predicted octanol–water partition coefficient (Wildman–Crippen LogP) is 1.39. The monoisotopic (exact) mass is 315 g/mol. The summed E-state index contributed by atoms with van der Waals surface area (Å²) in [7, 11) is 1.47. The van der Waals surface area contributed by atoms with Gasteiger partial charge in [-0.1, -0.05) is 18.2 Å². The molecule has 0 fully saturated rings. The van der Waals surface area contributed by atoms with Gasteiger partial charge in [0.15, 0.2) is 0 Å². The molecule has 0 saturated heterocycles. The van der Waals surface area contributed by atoms with E-state index in [-0.39, 0.29) is 17.9 Å². The highest BCUT2D eigenvalue weighted by Crippen LogP contribution is 2.21. The third kappa shape index (κ3) is 2.83. The summed E-state index contributed by atoms with van der Waals surface area (Å²) >= 11 is 0. The normalized spacial score (nSPS) is 10.7. The van der Waals surface area contributed by atoms with Crippen molar-refractivity contribution >= 4 is 0 Å². The highest BCUT2D eigenvalue weighted by Gasteiger charge is 2.16. The number of tetrazole rings is 1. The molecule has 0 aliphatic heterocycles. The van der Waals surface area contributed by atoms with Crippen molar-refractivity contribution in [2.24, 2.45) is 7.05 Å². The van der Waals surface area contributed by atoms with Crippen LogP contribution in [0.15, 0.2) is 41.3 Å². The molecule has 8 heteroatoms. The summed E-state index contributed by atoms with van der Waals surface area (Å²) in [6.45, 7) is 1.81. The maximum absolute atomic E-state index is 14.1. The van der Waals surface area contributed by atoms with Crippen LogP contribution >= 0.6 is 0 Å². The minimum atomic E-state index is -0.714. The van der Waals surface area contributed by atoms with Gasteiger partial charge in [0.05, 0.1) is 11.3 Å². The van der Waals surface area contributed by atoms with Gasteiger partial charge >= 0.3 is 5.69 Å². The molecular formula is C15H14FN5O2. The van der Waals surface area contributed by atoms with Gasteiger partial charge in [-0.05, 0) is 35.0 Å². The Labute approximate surface area is 130 Å². The number of halogens is 1. The van der Waals surface area contributed by atoms with E-state index in [4.69, 9.17) is 4.74 Å². The summed E-state index contributed by atoms with van der Waals surface area (Å²) in [5.74, 6) is -0.0816. The van der Waals surface area contributed by atoms with E-state index < -0.39 is 11.6 Å². The first-order chi connectivity index (χ1) is 11.1. The lowest BCUT2D eigenvalue weighted by Gasteiger charge is -2.12. The lowest BCUT2D eigenvalue weighted by atomic mass is 10.2. The molecule has 0 unspecified atom stereocenters. The molecule has 2 aromatic heterocycles. The highest BCUT2D eigenvalue weighted by atomic mass is 19.1. The fraction of sp³-hybridized carbons (Fsp3) is 0.200. The van der Waals surface area contributed by atoms with Crippen molar-refractivity contribution in [1.82, 2.24) is 24.8 Å². The third-order valence-electron chi connectivity index (χ3n) is 3.39. The number of aromatic nitrogens is 5. The van der Waals surface area contributed by atoms with Crippen molar-refractivity contribution in [3.8, 4) is 11.4 Å². The summed E-state index contributed by atoms with van der Waals surface area (Å²) < 4.78 is 21.9. The van der Waals surface area contributed by atoms with Crippen LogP contribution in [0.4, 0.5) is 4.39 Å². The van der Waals surface area contributed by atoms with Crippen LogP contribution in [-0.4, -0.2) is 24.8 Å². The number of benzene rings is 1. The first kappa shape index (κ1) is 14.9. The highest BCUT2D eigenvalue weighted by molar-refractivity contribution is 5.39. The molecule has 0 N–H and O–H groups in total. The van der Waals surface area contributed by atoms with Crippen molar-refractivity contribution in [2.45, 2.75) is 13.5 Å². The van der Waals surface area contributed by atoms with Crippen molar-refractivity contribution in [2.75, 3.05) is 0 Å². The molecular weight excluding hydrogens is 301 g/mol. The van der Waals surface area contributed by atoms with Gasteiger partial charge in [0.2, 0.25) is 5.95 Å². The molecule has 0 amide bonds. The summed E-state index contributed by atoms with van der Waals surface area (Å²) in [4.78, 5) is 15.6. The number of rotatable bonds is 4. The van der Waals surface area contributed by atoms with E-state index >= 15 is 0 Å². The minimum Gasteiger partial charge on any atom is -0.488 e. The van der Waals surface area contributed by atoms with Crippen LogP contribution in [0.1, 0.15) is 11.1 Å². The van der Waals surface area contributed by atoms with Gasteiger partial charge in [0, 0.05) is 13.2 Å². The van der Waals surface area contributed by atoms with Gasteiger partial charge in [-0.3, -0.25) is 0 Å². The van der Waals surface area contributed by atoms with Crippen molar-refractivity contribution < 1.29 is 9.13 Å². The van der Waals surface area contributed by atoms with Crippen molar-refractivity contribution in [3.63, 3.8) is 0 Å². The molecule has 23 heavy (non-hydrogen) atoms. The Balaban J connectivity index is 1.98. The van der Waals surface area contributed by atoms with Gasteiger partial charge in [-0.2, -0.15) is 13.8 Å². The Morgan fingerprint density at radius 3 is 2.70 bits per heavy atom. The summed E-state index contributed by atoms with van der Waals surface area (Å²) in [5.41, 5.74) is 0.838. The average Bonchev–Trinajstić information content (AvgIpc) is 2.87. The SMILES string of the molecule is Cc1ccccc1OCc1c(-n2nnn(C)c2=O)ccnc1F. The second-order valence-electron chi connectivity index (χ2n) is 4.95. The second-order valence-corrected chi connectivity index (χ2v) is 4.95. The molecule has 3 rings (SSSR count). The number of nitrogens with zero attached hydrogens (tertiary/aromatic N) is 5. The Kier molecular flexibility index (Phi) is 3.88. The third-order valence-corrected chi connectivity index (χ3v) is 3.39. The molecule has 0 atom stereocenters. The standard InChI is InChI=1S/C15H14FN5O2/c1-10-5-3-4-6-13(10)23-9-11-12(7-8-17-14(11)16)21-15(22)20(2)18-19-21/h3-8H,9H2,1-2H3. The van der Waals surface area contributed by atoms with E-state index in [9.17, 15) is 9.18 Å². The summed E-state index contributed by atoms with van der Waals surface area (Å²) in [6.07, 6.45) is 1.27. The summed E-state index contributed by atoms with van der Waals surface area (Å²) in [5, 5.41) is 7.36. The lowest BCUT2D eigenvalue weighted by Crippen LogP contribution is -2.23. The van der Waals surface area contributed by atoms with Gasteiger partial charge in [-0.15, -0.1) is 0 Å². The maximum Gasteiger partial charge on any atom is 0.368 e. The van der Waals surface area contributed by atoms with E-state index in [1.807, 2.05) is 25.1 Å². The number of hydrogen-bond acceptors (Lipinski definition) is 5. The molecule has 2 heterocycles. The van der Waals surface area contributed by atoms with Gasteiger partial charge < -0.3 is 4.74 Å². The van der Waals surface area contributed by atoms with Crippen LogP contribution in [-0.2, 0) is 13.7 Å². The molecule has 0 spiro atoms. The van der Waals surface area contributed by atoms with E-state index in [0.29, 0.717) is 5.75 Å². The molecule has 0 bridgehead atoms. The smallest absolute Gasteiger partial charge is 0.368 e. The van der Waals surface area contributed by atoms with E-state index in [1.54, 1.807) is 6.07 Å². The molecule has 0 saturated carbocycles. The zero-order chi connectivity index (χ0) is 16.4. The van der Waals surface area contributed by atoms with Crippen molar-refractivity contribution in [3.05, 3.63) is 64.1 Å². The molecule has 0 aliphatic carbocycles. The number of aryl methyl sites for hydroxylation is 2. The van der Waals surface area contributed by atoms with Gasteiger partial charge in [-0.25, -0.2) is 9.78 Å². The Morgan fingerprint density at radius 1 is 1.22 bits per heavy atom. The Hall–Kier alpha value is -3.03. The van der Waals surface area contributed by atoms with E-state index in [0.717, 1.165) is 14.9 Å². The Bertz CT molecular complexity index is 903. The minimum absolute atomic E-state index is 0.0805. The van der Waals surface area contributed by atoms with Gasteiger partial charge in [0.1, 0.15) is 12.4 Å². The van der Waals surface area contributed by atoms with Crippen LogP contribution in [0.3, 0.4) is 0 Å². The molecule has 3 aromatic rings. The van der Waals surface area contributed by atoms with Crippen LogP contribution in [0.25, 0.3) is 5.69 Å². The first-order valence-electron chi connectivity index (χ1n) is 6.89. The number of para-hydroxylation sites is 1. The van der Waals surface area contributed by atoms with Gasteiger partial charge in [0.25, 0.3) is 0 Å². The molecule has 0 radical (unpaired) electrons. The Morgan fingerprint density at radius 2 is 2.00 bits per heavy atom. The zero-order valence-electron chi connectivity index (χ0n) is 12.6. The lowest BCUT2D eigenvalue weighted by molar-refractivity contribution is 0.295. The predicted molar refractivity (Wildman–Crippen MR) is 79.9 cm³/mol. The van der Waals surface area contributed by atoms with Crippen LogP contribution in [0.5, 0.6) is 5.75 Å².